The normalized spacial score (nSPS) is 16.6. The molecule has 5 rings (SSSR count). The zero-order chi connectivity index (χ0) is 34.2. The molecule has 7 heteroatoms. The molecule has 252 valence electrons. The first kappa shape index (κ1) is 34.9. The van der Waals surface area contributed by atoms with Gasteiger partial charge < -0.3 is 24.9 Å². The predicted octanol–water partition coefficient (Wildman–Crippen LogP) is 8.92. The largest absolute Gasteiger partial charge is 0.378 e. The SMILES string of the molecule is C=Cc1cc(N2CCC(CN(C=C)CCCN(C)c3cccc(-c4cnccc4Cl)c3)CC2)ccc1C(=C)N(C)C1CCC(=C)NC1=C. The number of piperidine rings is 2. The van der Waals surface area contributed by atoms with Crippen LogP contribution in [-0.4, -0.2) is 67.6 Å². The van der Waals surface area contributed by atoms with Crippen LogP contribution in [0, 0.1) is 5.92 Å². The van der Waals surface area contributed by atoms with Crippen molar-refractivity contribution in [2.24, 2.45) is 5.92 Å². The fourth-order valence-corrected chi connectivity index (χ4v) is 7.16. The average molecular weight is 663 g/mol. The molecule has 0 amide bonds. The molecule has 6 nitrogen and oxygen atoms in total. The molecule has 1 N–H and O–H groups in total. The van der Waals surface area contributed by atoms with Gasteiger partial charge in [-0.3, -0.25) is 4.98 Å². The summed E-state index contributed by atoms with van der Waals surface area (Å²) in [5.41, 5.74) is 9.67. The van der Waals surface area contributed by atoms with E-state index in [1.54, 1.807) is 6.20 Å². The van der Waals surface area contributed by atoms with Gasteiger partial charge in [-0.2, -0.15) is 0 Å². The maximum absolute atomic E-state index is 6.43. The zero-order valence-electron chi connectivity index (χ0n) is 28.8. The van der Waals surface area contributed by atoms with Crippen LogP contribution in [-0.2, 0) is 0 Å². The van der Waals surface area contributed by atoms with Crippen molar-refractivity contribution < 1.29 is 0 Å². The van der Waals surface area contributed by atoms with Crippen molar-refractivity contribution in [3.8, 4) is 11.1 Å². The quantitative estimate of drug-likeness (QED) is 0.186. The smallest absolute Gasteiger partial charge is 0.0686 e. The number of aromatic nitrogens is 1. The first-order chi connectivity index (χ1) is 23.2. The molecule has 0 bridgehead atoms. The van der Waals surface area contributed by atoms with Crippen molar-refractivity contribution in [3.05, 3.63) is 128 Å². The predicted molar refractivity (Wildman–Crippen MR) is 207 cm³/mol. The number of hydrogen-bond donors (Lipinski definition) is 1. The van der Waals surface area contributed by atoms with Gasteiger partial charge in [0, 0.05) is 98.8 Å². The minimum absolute atomic E-state index is 0.186. The van der Waals surface area contributed by atoms with E-state index in [1.807, 2.05) is 24.5 Å². The van der Waals surface area contributed by atoms with E-state index in [0.29, 0.717) is 10.9 Å². The molecule has 2 aliphatic rings. The number of allylic oxidation sites excluding steroid dienone is 1. The van der Waals surface area contributed by atoms with E-state index in [-0.39, 0.29) is 6.04 Å². The van der Waals surface area contributed by atoms with Gasteiger partial charge in [0.1, 0.15) is 0 Å². The Balaban J connectivity index is 1.10. The molecule has 1 unspecified atom stereocenters. The number of anilines is 2. The fraction of sp³-hybridized carbons (Fsp3) is 0.341. The Morgan fingerprint density at radius 2 is 1.83 bits per heavy atom. The van der Waals surface area contributed by atoms with Gasteiger partial charge in [-0.05, 0) is 85.7 Å². The lowest BCUT2D eigenvalue weighted by Gasteiger charge is -2.38. The molecule has 0 aliphatic carbocycles. The molecule has 2 aromatic carbocycles. The van der Waals surface area contributed by atoms with Crippen LogP contribution in [0.15, 0.2) is 111 Å². The van der Waals surface area contributed by atoms with Gasteiger partial charge in [-0.1, -0.05) is 68.8 Å². The van der Waals surface area contributed by atoms with Crippen molar-refractivity contribution >= 4 is 34.7 Å². The number of halogens is 1. The number of rotatable bonds is 14. The number of nitrogens with one attached hydrogen (secondary N) is 1. The molecule has 1 aromatic heterocycles. The third-order valence-electron chi connectivity index (χ3n) is 9.95. The summed E-state index contributed by atoms with van der Waals surface area (Å²) in [7, 11) is 4.25. The molecule has 48 heavy (non-hydrogen) atoms. The highest BCUT2D eigenvalue weighted by molar-refractivity contribution is 6.33. The average Bonchev–Trinajstić information content (AvgIpc) is 3.10. The molecule has 2 aliphatic heterocycles. The van der Waals surface area contributed by atoms with Gasteiger partial charge in [0.05, 0.1) is 11.1 Å². The number of benzene rings is 2. The second-order valence-electron chi connectivity index (χ2n) is 13.1. The minimum Gasteiger partial charge on any atom is -0.378 e. The van der Waals surface area contributed by atoms with Crippen molar-refractivity contribution in [1.29, 1.82) is 0 Å². The Morgan fingerprint density at radius 1 is 1.04 bits per heavy atom. The van der Waals surface area contributed by atoms with Crippen molar-refractivity contribution in [1.82, 2.24) is 20.1 Å². The Morgan fingerprint density at radius 3 is 2.54 bits per heavy atom. The van der Waals surface area contributed by atoms with Crippen molar-refractivity contribution in [3.63, 3.8) is 0 Å². The summed E-state index contributed by atoms with van der Waals surface area (Å²) in [5.74, 6) is 0.651. The third kappa shape index (κ3) is 8.35. The van der Waals surface area contributed by atoms with Gasteiger partial charge >= 0.3 is 0 Å². The van der Waals surface area contributed by atoms with Crippen LogP contribution in [0.4, 0.5) is 11.4 Å². The van der Waals surface area contributed by atoms with Crippen LogP contribution in [0.1, 0.15) is 43.2 Å². The van der Waals surface area contributed by atoms with Crippen molar-refractivity contribution in [2.75, 3.05) is 56.6 Å². The van der Waals surface area contributed by atoms with Crippen LogP contribution < -0.4 is 15.1 Å². The van der Waals surface area contributed by atoms with Crippen LogP contribution >= 0.6 is 11.6 Å². The highest BCUT2D eigenvalue weighted by Crippen LogP contribution is 2.33. The summed E-state index contributed by atoms with van der Waals surface area (Å²) in [5, 5.41) is 4.05. The lowest BCUT2D eigenvalue weighted by atomic mass is 9.94. The Hall–Kier alpha value is -4.42. The van der Waals surface area contributed by atoms with Gasteiger partial charge in [0.15, 0.2) is 0 Å². The highest BCUT2D eigenvalue weighted by atomic mass is 35.5. The first-order valence-electron chi connectivity index (χ1n) is 17.0. The van der Waals surface area contributed by atoms with E-state index in [1.165, 1.54) is 11.4 Å². The van der Waals surface area contributed by atoms with Gasteiger partial charge in [-0.15, -0.1) is 0 Å². The van der Waals surface area contributed by atoms with E-state index in [2.05, 4.69) is 119 Å². The fourth-order valence-electron chi connectivity index (χ4n) is 6.95. The summed E-state index contributed by atoms with van der Waals surface area (Å²) < 4.78 is 0. The lowest BCUT2D eigenvalue weighted by Crippen LogP contribution is -2.40. The van der Waals surface area contributed by atoms with E-state index in [0.717, 1.165) is 104 Å². The maximum atomic E-state index is 6.43. The Bertz CT molecular complexity index is 1640. The number of likely N-dealkylation sites (N-methyl/N-ethyl adjacent to an activating group) is 1. The number of hydrogen-bond acceptors (Lipinski definition) is 6. The first-order valence-corrected chi connectivity index (χ1v) is 17.4. The molecule has 0 radical (unpaired) electrons. The van der Waals surface area contributed by atoms with E-state index in [9.17, 15) is 0 Å². The maximum Gasteiger partial charge on any atom is 0.0686 e. The summed E-state index contributed by atoms with van der Waals surface area (Å²) in [4.78, 5) is 13.7. The molecule has 0 spiro atoms. The molecule has 3 aromatic rings. The zero-order valence-corrected chi connectivity index (χ0v) is 29.6. The van der Waals surface area contributed by atoms with Crippen molar-refractivity contribution in [2.45, 2.75) is 38.1 Å². The van der Waals surface area contributed by atoms with Crippen LogP contribution in [0.25, 0.3) is 22.9 Å². The Labute approximate surface area is 293 Å². The monoisotopic (exact) mass is 662 g/mol. The second-order valence-corrected chi connectivity index (χ2v) is 13.5. The molecular weight excluding hydrogens is 612 g/mol. The second kappa shape index (κ2) is 16.1. The van der Waals surface area contributed by atoms with E-state index in [4.69, 9.17) is 11.6 Å². The topological polar surface area (TPSA) is 37.9 Å². The Kier molecular flexibility index (Phi) is 11.7. The van der Waals surface area contributed by atoms with Gasteiger partial charge in [-0.25, -0.2) is 0 Å². The van der Waals surface area contributed by atoms with Crippen LogP contribution in [0.5, 0.6) is 0 Å². The molecule has 3 heterocycles. The van der Waals surface area contributed by atoms with Gasteiger partial charge in [0.25, 0.3) is 0 Å². The molecule has 2 fully saturated rings. The molecular formula is C41H51ClN6. The summed E-state index contributed by atoms with van der Waals surface area (Å²) in [6.07, 6.45) is 12.8. The third-order valence-corrected chi connectivity index (χ3v) is 10.3. The highest BCUT2D eigenvalue weighted by Gasteiger charge is 2.26. The summed E-state index contributed by atoms with van der Waals surface area (Å²) in [6.45, 7) is 26.1. The lowest BCUT2D eigenvalue weighted by molar-refractivity contribution is 0.271. The number of nitrogens with zero attached hydrogens (tertiary/aromatic N) is 5. The molecule has 0 saturated carbocycles. The number of pyridine rings is 1. The van der Waals surface area contributed by atoms with E-state index < -0.39 is 0 Å². The standard InChI is InChI=1S/C41H51ClN6/c1-8-34-26-37(15-16-38(34)32(5)46(7)41-17-14-30(3)44-31(41)4)48-24-19-33(20-25-48)29-47(9-2)23-11-22-45(6)36-13-10-12-35(27-36)39-28-43-21-18-40(39)42/h8-10,12-13,15-16,18,21,26-28,33,41,44H,1-5,11,14,17,19-20,22-25,29H2,6-7H3. The van der Waals surface area contributed by atoms with E-state index >= 15 is 0 Å². The molecule has 1 atom stereocenters. The molecule has 2 saturated heterocycles. The van der Waals surface area contributed by atoms with Crippen LogP contribution in [0.3, 0.4) is 0 Å². The summed E-state index contributed by atoms with van der Waals surface area (Å²) >= 11 is 6.43. The van der Waals surface area contributed by atoms with Gasteiger partial charge in [0.2, 0.25) is 0 Å². The minimum atomic E-state index is 0.186. The van der Waals surface area contributed by atoms with Crippen LogP contribution in [0.2, 0.25) is 5.02 Å². The summed E-state index contributed by atoms with van der Waals surface area (Å²) in [6, 6.07) is 17.2.